The van der Waals surface area contributed by atoms with E-state index in [4.69, 9.17) is 16.2 Å². The van der Waals surface area contributed by atoms with E-state index in [2.05, 4.69) is 27.1 Å². The summed E-state index contributed by atoms with van der Waals surface area (Å²) in [7, 11) is 2.08. The minimum Gasteiger partial charge on any atom is -0.390 e. The Bertz CT molecular complexity index is 488. The molecular formula is C12H21N7O. The van der Waals surface area contributed by atoms with Crippen LogP contribution in [0.3, 0.4) is 0 Å². The molecule has 0 spiro atoms. The Labute approximate surface area is 117 Å². The molecule has 0 aromatic carbocycles. The van der Waals surface area contributed by atoms with Gasteiger partial charge in [0.1, 0.15) is 11.7 Å². The smallest absolute Gasteiger partial charge is 0.175 e. The van der Waals surface area contributed by atoms with E-state index in [1.165, 1.54) is 0 Å². The lowest BCUT2D eigenvalue weighted by atomic mass is 10.2. The van der Waals surface area contributed by atoms with Gasteiger partial charge in [0.25, 0.3) is 0 Å². The minimum absolute atomic E-state index is 0.112. The van der Waals surface area contributed by atoms with Crippen molar-refractivity contribution < 1.29 is 5.11 Å². The first kappa shape index (κ1) is 14.5. The van der Waals surface area contributed by atoms with Gasteiger partial charge in [-0.05, 0) is 7.05 Å². The summed E-state index contributed by atoms with van der Waals surface area (Å²) in [6.45, 7) is 3.50. The number of likely N-dealkylation sites (N-methyl/N-ethyl adjacent to an activating group) is 1. The second-order valence-electron chi connectivity index (χ2n) is 4.93. The van der Waals surface area contributed by atoms with Gasteiger partial charge in [-0.3, -0.25) is 10.5 Å². The van der Waals surface area contributed by atoms with Gasteiger partial charge in [0.05, 0.1) is 18.7 Å². The molecule has 8 heteroatoms. The predicted molar refractivity (Wildman–Crippen MR) is 77.2 cm³/mol. The number of amidine groups is 2. The van der Waals surface area contributed by atoms with Crippen molar-refractivity contribution >= 4 is 17.5 Å². The van der Waals surface area contributed by atoms with Crippen molar-refractivity contribution in [2.75, 3.05) is 33.2 Å². The number of nitrogens with zero attached hydrogens (tertiary/aromatic N) is 4. The fourth-order valence-corrected chi connectivity index (χ4v) is 2.03. The number of hydrogen-bond acceptors (Lipinski definition) is 5. The Morgan fingerprint density at radius 2 is 2.20 bits per heavy atom. The Hall–Kier alpha value is -1.93. The molecule has 0 unspecified atom stereocenters. The molecule has 1 aliphatic heterocycles. The van der Waals surface area contributed by atoms with Crippen LogP contribution in [-0.2, 0) is 6.61 Å². The highest BCUT2D eigenvalue weighted by molar-refractivity contribution is 6.01. The topological polar surface area (TPSA) is 118 Å². The fourth-order valence-electron chi connectivity index (χ4n) is 2.03. The van der Waals surface area contributed by atoms with Crippen LogP contribution in [0.25, 0.3) is 0 Å². The van der Waals surface area contributed by atoms with Crippen LogP contribution in [0.1, 0.15) is 12.1 Å². The van der Waals surface area contributed by atoms with Crippen molar-refractivity contribution in [1.29, 1.82) is 5.41 Å². The highest BCUT2D eigenvalue weighted by Crippen LogP contribution is 2.10. The molecule has 110 valence electrons. The maximum Gasteiger partial charge on any atom is 0.175 e. The summed E-state index contributed by atoms with van der Waals surface area (Å²) in [4.78, 5) is 8.40. The molecule has 0 saturated carbocycles. The van der Waals surface area contributed by atoms with Gasteiger partial charge in [-0.2, -0.15) is 5.10 Å². The molecule has 0 atom stereocenters. The Morgan fingerprint density at radius 3 is 2.80 bits per heavy atom. The molecule has 1 aromatic rings. The SMILES string of the molecule is CN1CCN(C(=N)CC(N)=Nc2cc(CO)[nH]n2)CC1. The third-order valence-electron chi connectivity index (χ3n) is 3.28. The number of aliphatic imine (C=N–C) groups is 1. The second-order valence-corrected chi connectivity index (χ2v) is 4.93. The first-order valence-corrected chi connectivity index (χ1v) is 6.57. The third kappa shape index (κ3) is 3.78. The van der Waals surface area contributed by atoms with Crippen LogP contribution in [0.2, 0.25) is 0 Å². The average molecular weight is 279 g/mol. The number of H-pyrrole nitrogens is 1. The number of aliphatic hydroxyl groups excluding tert-OH is 1. The summed E-state index contributed by atoms with van der Waals surface area (Å²) < 4.78 is 0. The quantitative estimate of drug-likeness (QED) is 0.438. The van der Waals surface area contributed by atoms with E-state index in [-0.39, 0.29) is 6.61 Å². The minimum atomic E-state index is -0.112. The van der Waals surface area contributed by atoms with Gasteiger partial charge < -0.3 is 20.6 Å². The number of aromatic amines is 1. The highest BCUT2D eigenvalue weighted by atomic mass is 16.3. The zero-order valence-electron chi connectivity index (χ0n) is 11.6. The van der Waals surface area contributed by atoms with E-state index >= 15 is 0 Å². The van der Waals surface area contributed by atoms with Crippen LogP contribution in [0.4, 0.5) is 5.82 Å². The molecule has 1 fully saturated rings. The molecule has 1 saturated heterocycles. The van der Waals surface area contributed by atoms with Crippen molar-refractivity contribution in [1.82, 2.24) is 20.0 Å². The van der Waals surface area contributed by atoms with E-state index in [0.29, 0.717) is 29.6 Å². The molecule has 0 amide bonds. The Morgan fingerprint density at radius 1 is 1.50 bits per heavy atom. The molecule has 8 nitrogen and oxygen atoms in total. The van der Waals surface area contributed by atoms with E-state index in [1.807, 2.05) is 4.90 Å². The standard InChI is InChI=1S/C12H21N7O/c1-18-2-4-19(5-3-18)11(14)7-10(13)15-12-6-9(8-20)16-17-12/h6,14,20H,2-5,7-8H2,1H3,(H3,13,15,16,17). The number of nitrogens with two attached hydrogens (primary N) is 1. The van der Waals surface area contributed by atoms with Gasteiger partial charge in [-0.25, -0.2) is 4.99 Å². The van der Waals surface area contributed by atoms with E-state index < -0.39 is 0 Å². The summed E-state index contributed by atoms with van der Waals surface area (Å²) in [6, 6.07) is 1.63. The Balaban J connectivity index is 1.90. The van der Waals surface area contributed by atoms with Gasteiger partial charge in [0.2, 0.25) is 0 Å². The number of piperazine rings is 1. The van der Waals surface area contributed by atoms with Crippen LogP contribution < -0.4 is 5.73 Å². The lowest BCUT2D eigenvalue weighted by molar-refractivity contribution is 0.213. The number of hydrogen-bond donors (Lipinski definition) is 4. The Kier molecular flexibility index (Phi) is 4.70. The molecule has 2 rings (SSSR count). The van der Waals surface area contributed by atoms with Crippen LogP contribution in [0.15, 0.2) is 11.1 Å². The average Bonchev–Trinajstić information content (AvgIpc) is 2.86. The summed E-state index contributed by atoms with van der Waals surface area (Å²) in [5.41, 5.74) is 6.44. The molecule has 5 N–H and O–H groups in total. The lowest BCUT2D eigenvalue weighted by Gasteiger charge is -2.34. The van der Waals surface area contributed by atoms with Crippen molar-refractivity contribution in [2.45, 2.75) is 13.0 Å². The number of aromatic nitrogens is 2. The zero-order valence-corrected chi connectivity index (χ0v) is 11.6. The normalized spacial score (nSPS) is 17.5. The molecule has 0 bridgehead atoms. The second kappa shape index (κ2) is 6.49. The van der Waals surface area contributed by atoms with Crippen molar-refractivity contribution in [3.8, 4) is 0 Å². The largest absolute Gasteiger partial charge is 0.390 e. The van der Waals surface area contributed by atoms with Crippen LogP contribution in [0, 0.1) is 5.41 Å². The maximum atomic E-state index is 8.93. The van der Waals surface area contributed by atoms with Gasteiger partial charge in [0, 0.05) is 32.2 Å². The molecule has 0 aliphatic carbocycles. The summed E-state index contributed by atoms with van der Waals surface area (Å²) in [5, 5.41) is 23.6. The lowest BCUT2D eigenvalue weighted by Crippen LogP contribution is -2.47. The van der Waals surface area contributed by atoms with Gasteiger partial charge in [-0.15, -0.1) is 0 Å². The molecular weight excluding hydrogens is 258 g/mol. The molecule has 1 aromatic heterocycles. The molecule has 1 aliphatic rings. The summed E-state index contributed by atoms with van der Waals surface area (Å²) in [6.07, 6.45) is 0.311. The molecule has 20 heavy (non-hydrogen) atoms. The molecule has 2 heterocycles. The van der Waals surface area contributed by atoms with Crippen LogP contribution in [-0.4, -0.2) is 70.0 Å². The summed E-state index contributed by atoms with van der Waals surface area (Å²) in [5.74, 6) is 1.26. The first-order chi connectivity index (χ1) is 9.58. The number of aliphatic hydroxyl groups is 1. The number of rotatable bonds is 4. The monoisotopic (exact) mass is 279 g/mol. The maximum absolute atomic E-state index is 8.93. The molecule has 0 radical (unpaired) electrons. The van der Waals surface area contributed by atoms with Gasteiger partial charge in [0.15, 0.2) is 5.82 Å². The highest BCUT2D eigenvalue weighted by Gasteiger charge is 2.17. The van der Waals surface area contributed by atoms with Crippen molar-refractivity contribution in [2.24, 2.45) is 10.7 Å². The van der Waals surface area contributed by atoms with Gasteiger partial charge >= 0.3 is 0 Å². The number of nitrogens with one attached hydrogen (secondary N) is 2. The third-order valence-corrected chi connectivity index (χ3v) is 3.28. The predicted octanol–water partition coefficient (Wildman–Crippen LogP) is -0.495. The van der Waals surface area contributed by atoms with Crippen LogP contribution in [0.5, 0.6) is 0 Å². The van der Waals surface area contributed by atoms with E-state index in [9.17, 15) is 0 Å². The fraction of sp³-hybridized carbons (Fsp3) is 0.583. The van der Waals surface area contributed by atoms with Gasteiger partial charge in [-0.1, -0.05) is 0 Å². The van der Waals surface area contributed by atoms with Crippen molar-refractivity contribution in [3.63, 3.8) is 0 Å². The van der Waals surface area contributed by atoms with Crippen molar-refractivity contribution in [3.05, 3.63) is 11.8 Å². The summed E-state index contributed by atoms with van der Waals surface area (Å²) >= 11 is 0. The van der Waals surface area contributed by atoms with E-state index in [1.54, 1.807) is 6.07 Å². The van der Waals surface area contributed by atoms with E-state index in [0.717, 1.165) is 26.2 Å². The first-order valence-electron chi connectivity index (χ1n) is 6.57. The van der Waals surface area contributed by atoms with Crippen LogP contribution >= 0.6 is 0 Å². The zero-order chi connectivity index (χ0) is 14.5.